The largest absolute Gasteiger partial charge is 0.375 e. The lowest BCUT2D eigenvalue weighted by Crippen LogP contribution is -2.24. The molecule has 0 aliphatic heterocycles. The van der Waals surface area contributed by atoms with Crippen molar-refractivity contribution in [3.63, 3.8) is 0 Å². The molecule has 0 aromatic heterocycles. The van der Waals surface area contributed by atoms with Gasteiger partial charge in [0.2, 0.25) is 0 Å². The Kier molecular flexibility index (Phi) is 2.64. The van der Waals surface area contributed by atoms with Crippen LogP contribution in [-0.4, -0.2) is 18.4 Å². The summed E-state index contributed by atoms with van der Waals surface area (Å²) in [5, 5.41) is 11.3. The van der Waals surface area contributed by atoms with Crippen LogP contribution >= 0.6 is 0 Å². The second-order valence-corrected chi connectivity index (χ2v) is 1.54. The van der Waals surface area contributed by atoms with Crippen molar-refractivity contribution in [3.8, 4) is 0 Å². The van der Waals surface area contributed by atoms with Gasteiger partial charge in [0.15, 0.2) is 0 Å². The topological polar surface area (TPSA) is 32.3 Å². The van der Waals surface area contributed by atoms with Crippen molar-refractivity contribution in [1.29, 1.82) is 0 Å². The predicted octanol–water partition coefficient (Wildman–Crippen LogP) is 0.100. The van der Waals surface area contributed by atoms with Crippen LogP contribution < -0.4 is 5.32 Å². The number of aliphatic hydroxyl groups excluding tert-OH is 1. The van der Waals surface area contributed by atoms with E-state index in [2.05, 4.69) is 11.9 Å². The zero-order valence-electron chi connectivity index (χ0n) is 4.73. The standard InChI is InChI=1S/C5H11NO/c1-4(2)5(7)6-3/h5-7H,1H2,2-3H3. The molecule has 0 saturated carbocycles. The monoisotopic (exact) mass is 101 g/mol. The van der Waals surface area contributed by atoms with E-state index in [-0.39, 0.29) is 0 Å². The van der Waals surface area contributed by atoms with E-state index in [0.29, 0.717) is 0 Å². The Balaban J connectivity index is 3.34. The van der Waals surface area contributed by atoms with E-state index in [0.717, 1.165) is 5.57 Å². The summed E-state index contributed by atoms with van der Waals surface area (Å²) in [6.45, 7) is 5.28. The van der Waals surface area contributed by atoms with Crippen LogP contribution in [0, 0.1) is 0 Å². The van der Waals surface area contributed by atoms with E-state index in [1.165, 1.54) is 0 Å². The third kappa shape index (κ3) is 2.37. The molecule has 0 aromatic carbocycles. The first-order valence-electron chi connectivity index (χ1n) is 2.19. The van der Waals surface area contributed by atoms with Gasteiger partial charge in [0, 0.05) is 0 Å². The van der Waals surface area contributed by atoms with E-state index < -0.39 is 6.23 Å². The Morgan fingerprint density at radius 3 is 2.29 bits per heavy atom. The maximum atomic E-state index is 8.72. The quantitative estimate of drug-likeness (QED) is 0.382. The molecule has 1 unspecified atom stereocenters. The van der Waals surface area contributed by atoms with Gasteiger partial charge in [-0.1, -0.05) is 6.58 Å². The first-order chi connectivity index (χ1) is 3.18. The number of hydrogen-bond donors (Lipinski definition) is 2. The van der Waals surface area contributed by atoms with Crippen molar-refractivity contribution in [2.45, 2.75) is 13.2 Å². The molecule has 0 saturated heterocycles. The first-order valence-corrected chi connectivity index (χ1v) is 2.19. The third-order valence-electron chi connectivity index (χ3n) is 0.740. The number of hydrogen-bond acceptors (Lipinski definition) is 2. The Labute approximate surface area is 43.9 Å². The first kappa shape index (κ1) is 6.66. The summed E-state index contributed by atoms with van der Waals surface area (Å²) in [6, 6.07) is 0. The maximum Gasteiger partial charge on any atom is 0.126 e. The lowest BCUT2D eigenvalue weighted by Gasteiger charge is -2.05. The lowest BCUT2D eigenvalue weighted by molar-refractivity contribution is 0.183. The molecule has 1 atom stereocenters. The second-order valence-electron chi connectivity index (χ2n) is 1.54. The minimum Gasteiger partial charge on any atom is -0.375 e. The Hall–Kier alpha value is -0.340. The normalized spacial score (nSPS) is 13.6. The Bertz CT molecular complexity index is 70.5. The molecule has 0 aromatic rings. The molecule has 0 amide bonds. The molecule has 2 N–H and O–H groups in total. The van der Waals surface area contributed by atoms with Crippen molar-refractivity contribution < 1.29 is 5.11 Å². The van der Waals surface area contributed by atoms with Gasteiger partial charge < -0.3 is 5.11 Å². The van der Waals surface area contributed by atoms with Crippen LogP contribution in [0.5, 0.6) is 0 Å². The van der Waals surface area contributed by atoms with Gasteiger partial charge in [0.25, 0.3) is 0 Å². The van der Waals surface area contributed by atoms with Crippen molar-refractivity contribution >= 4 is 0 Å². The summed E-state index contributed by atoms with van der Waals surface area (Å²) in [5.74, 6) is 0. The maximum absolute atomic E-state index is 8.72. The predicted molar refractivity (Wildman–Crippen MR) is 29.9 cm³/mol. The molecular weight excluding hydrogens is 90.1 g/mol. The molecule has 0 spiro atoms. The summed E-state index contributed by atoms with van der Waals surface area (Å²) in [5.41, 5.74) is 0.738. The summed E-state index contributed by atoms with van der Waals surface area (Å²) in [7, 11) is 1.68. The minimum absolute atomic E-state index is 0.542. The van der Waals surface area contributed by atoms with Gasteiger partial charge in [-0.2, -0.15) is 0 Å². The van der Waals surface area contributed by atoms with Gasteiger partial charge in [-0.15, -0.1) is 0 Å². The number of likely N-dealkylation sites (N-methyl/N-ethyl adjacent to an activating group) is 1. The number of rotatable bonds is 2. The van der Waals surface area contributed by atoms with Crippen molar-refractivity contribution in [2.24, 2.45) is 0 Å². The fraction of sp³-hybridized carbons (Fsp3) is 0.600. The molecule has 42 valence electrons. The van der Waals surface area contributed by atoms with Gasteiger partial charge in [-0.3, -0.25) is 5.32 Å². The summed E-state index contributed by atoms with van der Waals surface area (Å²) in [6.07, 6.45) is -0.542. The highest BCUT2D eigenvalue weighted by Crippen LogP contribution is 1.89. The SMILES string of the molecule is C=C(C)C(O)NC. The molecule has 0 fully saturated rings. The molecule has 0 rings (SSSR count). The Morgan fingerprint density at radius 2 is 2.29 bits per heavy atom. The number of aliphatic hydroxyl groups is 1. The van der Waals surface area contributed by atoms with E-state index in [1.807, 2.05) is 0 Å². The summed E-state index contributed by atoms with van der Waals surface area (Å²) < 4.78 is 0. The zero-order chi connectivity index (χ0) is 5.86. The van der Waals surface area contributed by atoms with E-state index in [9.17, 15) is 0 Å². The molecule has 0 aliphatic rings. The number of nitrogens with one attached hydrogen (secondary N) is 1. The molecular formula is C5H11NO. The molecule has 2 nitrogen and oxygen atoms in total. The molecule has 0 heterocycles. The highest BCUT2D eigenvalue weighted by atomic mass is 16.3. The molecule has 2 heteroatoms. The van der Waals surface area contributed by atoms with Gasteiger partial charge in [0.05, 0.1) is 0 Å². The van der Waals surface area contributed by atoms with Crippen molar-refractivity contribution in [1.82, 2.24) is 5.32 Å². The van der Waals surface area contributed by atoms with Gasteiger partial charge in [-0.05, 0) is 19.5 Å². The fourth-order valence-corrected chi connectivity index (χ4v) is 0.246. The van der Waals surface area contributed by atoms with Crippen molar-refractivity contribution in [2.75, 3.05) is 7.05 Å². The van der Waals surface area contributed by atoms with Crippen LogP contribution in [0.2, 0.25) is 0 Å². The van der Waals surface area contributed by atoms with E-state index in [1.54, 1.807) is 14.0 Å². The highest BCUT2D eigenvalue weighted by molar-refractivity contribution is 4.93. The van der Waals surface area contributed by atoms with Crippen LogP contribution in [0.15, 0.2) is 12.2 Å². The van der Waals surface area contributed by atoms with Crippen molar-refractivity contribution in [3.05, 3.63) is 12.2 Å². The van der Waals surface area contributed by atoms with E-state index >= 15 is 0 Å². The van der Waals surface area contributed by atoms with Crippen LogP contribution in [0.1, 0.15) is 6.92 Å². The van der Waals surface area contributed by atoms with Crippen LogP contribution in [0.25, 0.3) is 0 Å². The van der Waals surface area contributed by atoms with Gasteiger partial charge in [0.1, 0.15) is 6.23 Å². The second kappa shape index (κ2) is 2.77. The zero-order valence-corrected chi connectivity index (χ0v) is 4.73. The van der Waals surface area contributed by atoms with Gasteiger partial charge in [-0.25, -0.2) is 0 Å². The molecule has 0 bridgehead atoms. The van der Waals surface area contributed by atoms with Crippen LogP contribution in [-0.2, 0) is 0 Å². The summed E-state index contributed by atoms with van der Waals surface area (Å²) >= 11 is 0. The van der Waals surface area contributed by atoms with Gasteiger partial charge >= 0.3 is 0 Å². The molecule has 0 radical (unpaired) electrons. The Morgan fingerprint density at radius 1 is 1.86 bits per heavy atom. The van der Waals surface area contributed by atoms with Crippen LogP contribution in [0.4, 0.5) is 0 Å². The average Bonchev–Trinajstić information content (AvgIpc) is 1.65. The third-order valence-corrected chi connectivity index (χ3v) is 0.740. The van der Waals surface area contributed by atoms with Crippen LogP contribution in [0.3, 0.4) is 0 Å². The molecule has 7 heavy (non-hydrogen) atoms. The lowest BCUT2D eigenvalue weighted by atomic mass is 10.3. The minimum atomic E-state index is -0.542. The summed E-state index contributed by atoms with van der Waals surface area (Å²) in [4.78, 5) is 0. The average molecular weight is 101 g/mol. The highest BCUT2D eigenvalue weighted by Gasteiger charge is 1.95. The van der Waals surface area contributed by atoms with E-state index in [4.69, 9.17) is 5.11 Å². The fourth-order valence-electron chi connectivity index (χ4n) is 0.246. The molecule has 0 aliphatic carbocycles. The smallest absolute Gasteiger partial charge is 0.126 e.